The van der Waals surface area contributed by atoms with Gasteiger partial charge in [-0.05, 0) is 56.0 Å². The maximum atomic E-state index is 12.5. The maximum Gasteiger partial charge on any atom is 0.214 e. The first kappa shape index (κ1) is 19.9. The number of benzene rings is 1. The Morgan fingerprint density at radius 2 is 1.86 bits per heavy atom. The van der Waals surface area contributed by atoms with Crippen LogP contribution in [0.15, 0.2) is 30.3 Å². The van der Waals surface area contributed by atoms with E-state index in [1.807, 2.05) is 24.3 Å². The molecule has 0 radical (unpaired) electrons. The molecule has 2 fully saturated rings. The van der Waals surface area contributed by atoms with Gasteiger partial charge in [-0.3, -0.25) is 4.90 Å². The SMILES string of the molecule is O=S(=O)(CCCCOc1ccc2nc(Cl)ccc2c1)N1CCN(C2CC2)CC1. The number of rotatable bonds is 8. The predicted molar refractivity (Wildman–Crippen MR) is 111 cm³/mol. The van der Waals surface area contributed by atoms with Crippen LogP contribution in [-0.4, -0.2) is 67.2 Å². The van der Waals surface area contributed by atoms with E-state index < -0.39 is 10.0 Å². The van der Waals surface area contributed by atoms with Gasteiger partial charge < -0.3 is 4.74 Å². The number of aromatic nitrogens is 1. The number of pyridine rings is 1. The molecule has 1 aromatic heterocycles. The summed E-state index contributed by atoms with van der Waals surface area (Å²) in [6.45, 7) is 3.50. The number of hydrogen-bond acceptors (Lipinski definition) is 5. The average Bonchev–Trinajstić information content (AvgIpc) is 3.53. The molecule has 1 aromatic carbocycles. The number of piperazine rings is 1. The van der Waals surface area contributed by atoms with Crippen LogP contribution in [0.4, 0.5) is 0 Å². The molecule has 1 aliphatic heterocycles. The number of sulfonamides is 1. The van der Waals surface area contributed by atoms with Crippen LogP contribution in [0.1, 0.15) is 25.7 Å². The van der Waals surface area contributed by atoms with Gasteiger partial charge in [0.15, 0.2) is 0 Å². The summed E-state index contributed by atoms with van der Waals surface area (Å²) in [5, 5.41) is 1.44. The minimum absolute atomic E-state index is 0.194. The van der Waals surface area contributed by atoms with Gasteiger partial charge in [-0.1, -0.05) is 11.6 Å². The lowest BCUT2D eigenvalue weighted by Crippen LogP contribution is -2.49. The Morgan fingerprint density at radius 1 is 1.07 bits per heavy atom. The van der Waals surface area contributed by atoms with Crippen LogP contribution < -0.4 is 4.74 Å². The normalized spacial score (nSPS) is 19.2. The minimum Gasteiger partial charge on any atom is -0.494 e. The molecule has 8 heteroatoms. The van der Waals surface area contributed by atoms with Gasteiger partial charge in [0.1, 0.15) is 10.9 Å². The second kappa shape index (κ2) is 8.53. The molecular weight excluding hydrogens is 398 g/mol. The lowest BCUT2D eigenvalue weighted by atomic mass is 10.2. The Balaban J connectivity index is 1.19. The highest BCUT2D eigenvalue weighted by atomic mass is 35.5. The summed E-state index contributed by atoms with van der Waals surface area (Å²) >= 11 is 5.90. The Kier molecular flexibility index (Phi) is 6.06. The molecule has 4 rings (SSSR count). The van der Waals surface area contributed by atoms with Crippen molar-refractivity contribution in [3.63, 3.8) is 0 Å². The summed E-state index contributed by atoms with van der Waals surface area (Å²) in [6, 6.07) is 10.0. The largest absolute Gasteiger partial charge is 0.494 e. The van der Waals surface area contributed by atoms with Crippen molar-refractivity contribution >= 4 is 32.5 Å². The van der Waals surface area contributed by atoms with Crippen LogP contribution in [-0.2, 0) is 10.0 Å². The highest BCUT2D eigenvalue weighted by Crippen LogP contribution is 2.28. The van der Waals surface area contributed by atoms with E-state index in [-0.39, 0.29) is 5.75 Å². The van der Waals surface area contributed by atoms with E-state index >= 15 is 0 Å². The first-order valence-electron chi connectivity index (χ1n) is 9.92. The first-order valence-corrected chi connectivity index (χ1v) is 11.9. The van der Waals surface area contributed by atoms with Crippen LogP contribution in [0.2, 0.25) is 5.15 Å². The van der Waals surface area contributed by atoms with Gasteiger partial charge in [0.25, 0.3) is 0 Å². The number of fused-ring (bicyclic) bond motifs is 1. The summed E-state index contributed by atoms with van der Waals surface area (Å²) < 4.78 is 32.5. The zero-order valence-electron chi connectivity index (χ0n) is 15.9. The number of hydrogen-bond donors (Lipinski definition) is 0. The zero-order valence-corrected chi connectivity index (χ0v) is 17.5. The maximum absolute atomic E-state index is 12.5. The summed E-state index contributed by atoms with van der Waals surface area (Å²) in [4.78, 5) is 6.67. The molecule has 0 amide bonds. The van der Waals surface area contributed by atoms with Crippen LogP contribution in [0, 0.1) is 0 Å². The molecule has 2 heterocycles. The molecule has 1 aliphatic carbocycles. The van der Waals surface area contributed by atoms with Crippen molar-refractivity contribution in [1.29, 1.82) is 0 Å². The van der Waals surface area contributed by atoms with E-state index in [1.54, 1.807) is 10.4 Å². The average molecular weight is 424 g/mol. The van der Waals surface area contributed by atoms with Crippen LogP contribution >= 0.6 is 11.6 Å². The lowest BCUT2D eigenvalue weighted by molar-refractivity contribution is 0.180. The Hall–Kier alpha value is -1.41. The first-order chi connectivity index (χ1) is 13.5. The number of ether oxygens (including phenoxy) is 1. The molecule has 2 aromatic rings. The molecule has 0 bridgehead atoms. The van der Waals surface area contributed by atoms with Crippen molar-refractivity contribution in [1.82, 2.24) is 14.2 Å². The third kappa shape index (κ3) is 4.95. The minimum atomic E-state index is -3.16. The van der Waals surface area contributed by atoms with E-state index in [0.29, 0.717) is 43.7 Å². The fourth-order valence-electron chi connectivity index (χ4n) is 3.66. The molecule has 6 nitrogen and oxygen atoms in total. The molecule has 28 heavy (non-hydrogen) atoms. The van der Waals surface area contributed by atoms with Gasteiger partial charge >= 0.3 is 0 Å². The van der Waals surface area contributed by atoms with Gasteiger partial charge in [0.05, 0.1) is 17.9 Å². The quantitative estimate of drug-likeness (QED) is 0.482. The third-order valence-electron chi connectivity index (χ3n) is 5.42. The molecule has 152 valence electrons. The van der Waals surface area contributed by atoms with Crippen molar-refractivity contribution in [2.24, 2.45) is 0 Å². The predicted octanol–water partition coefficient (Wildman–Crippen LogP) is 3.16. The van der Waals surface area contributed by atoms with Crippen LogP contribution in [0.25, 0.3) is 10.9 Å². The molecule has 1 saturated heterocycles. The lowest BCUT2D eigenvalue weighted by Gasteiger charge is -2.34. The smallest absolute Gasteiger partial charge is 0.214 e. The van der Waals surface area contributed by atoms with Gasteiger partial charge in [0, 0.05) is 37.6 Å². The third-order valence-corrected chi connectivity index (χ3v) is 7.59. The van der Waals surface area contributed by atoms with Gasteiger partial charge in [-0.2, -0.15) is 4.31 Å². The molecule has 1 saturated carbocycles. The molecule has 0 unspecified atom stereocenters. The fraction of sp³-hybridized carbons (Fsp3) is 0.550. The van der Waals surface area contributed by atoms with E-state index in [9.17, 15) is 8.42 Å². The van der Waals surface area contributed by atoms with E-state index in [4.69, 9.17) is 16.3 Å². The summed E-state index contributed by atoms with van der Waals surface area (Å²) in [6.07, 6.45) is 3.86. The van der Waals surface area contributed by atoms with E-state index in [2.05, 4.69) is 9.88 Å². The monoisotopic (exact) mass is 423 g/mol. The Bertz CT molecular complexity index is 925. The fourth-order valence-corrected chi connectivity index (χ4v) is 5.36. The number of unbranched alkanes of at least 4 members (excludes halogenated alkanes) is 1. The van der Waals surface area contributed by atoms with E-state index in [1.165, 1.54) is 12.8 Å². The van der Waals surface area contributed by atoms with Gasteiger partial charge in [-0.25, -0.2) is 13.4 Å². The van der Waals surface area contributed by atoms with Crippen molar-refractivity contribution < 1.29 is 13.2 Å². The van der Waals surface area contributed by atoms with Crippen molar-refractivity contribution in [2.75, 3.05) is 38.5 Å². The molecule has 0 atom stereocenters. The summed E-state index contributed by atoms with van der Waals surface area (Å²) in [7, 11) is -3.16. The number of nitrogens with zero attached hydrogens (tertiary/aromatic N) is 3. The van der Waals surface area contributed by atoms with Crippen LogP contribution in [0.3, 0.4) is 0 Å². The molecule has 0 N–H and O–H groups in total. The highest BCUT2D eigenvalue weighted by molar-refractivity contribution is 7.89. The van der Waals surface area contributed by atoms with Crippen molar-refractivity contribution in [3.05, 3.63) is 35.5 Å². The van der Waals surface area contributed by atoms with Crippen LogP contribution in [0.5, 0.6) is 5.75 Å². The van der Waals surface area contributed by atoms with Gasteiger partial charge in [-0.15, -0.1) is 0 Å². The number of halogens is 1. The van der Waals surface area contributed by atoms with Crippen molar-refractivity contribution in [2.45, 2.75) is 31.7 Å². The Morgan fingerprint density at radius 3 is 2.61 bits per heavy atom. The topological polar surface area (TPSA) is 62.7 Å². The molecule has 0 spiro atoms. The molecule has 2 aliphatic rings. The second-order valence-electron chi connectivity index (χ2n) is 7.53. The highest BCUT2D eigenvalue weighted by Gasteiger charge is 2.34. The standard InChI is InChI=1S/C20H26ClN3O3S/c21-20-8-3-16-15-18(6-7-19(16)22-20)27-13-1-2-14-28(25,26)24-11-9-23(10-12-24)17-4-5-17/h3,6-8,15,17H,1-2,4-5,9-14H2. The Labute approximate surface area is 171 Å². The summed E-state index contributed by atoms with van der Waals surface area (Å²) in [5.74, 6) is 0.954. The van der Waals surface area contributed by atoms with E-state index in [0.717, 1.165) is 29.7 Å². The van der Waals surface area contributed by atoms with Gasteiger partial charge in [0.2, 0.25) is 10.0 Å². The zero-order chi connectivity index (χ0) is 19.6. The second-order valence-corrected chi connectivity index (χ2v) is 10.0. The summed E-state index contributed by atoms with van der Waals surface area (Å²) in [5.41, 5.74) is 0.827. The molecular formula is C20H26ClN3O3S. The van der Waals surface area contributed by atoms with Crippen molar-refractivity contribution in [3.8, 4) is 5.75 Å².